The SMILES string of the molecule is CC1(C)c2cc(N(c3ccc(-c4ccccc4)cc3)c3ccc(-c4ccccc4)cc3)ccc2-c2c(-c3cccc4ccccc34)ccc3cccc1c23. The molecular weight excluding hydrogens is 651 g/mol. The van der Waals surface area contributed by atoms with Crippen molar-refractivity contribution < 1.29 is 0 Å². The highest BCUT2D eigenvalue weighted by Gasteiger charge is 2.35. The van der Waals surface area contributed by atoms with Crippen molar-refractivity contribution in [2.75, 3.05) is 4.90 Å². The third-order valence-corrected chi connectivity index (χ3v) is 11.5. The van der Waals surface area contributed by atoms with Gasteiger partial charge in [-0.2, -0.15) is 0 Å². The molecule has 0 saturated carbocycles. The summed E-state index contributed by atoms with van der Waals surface area (Å²) in [5, 5.41) is 5.18. The van der Waals surface area contributed by atoms with Crippen LogP contribution < -0.4 is 4.90 Å². The molecule has 0 aliphatic heterocycles. The lowest BCUT2D eigenvalue weighted by molar-refractivity contribution is 0.645. The van der Waals surface area contributed by atoms with Crippen molar-refractivity contribution in [2.45, 2.75) is 19.3 Å². The van der Waals surface area contributed by atoms with Crippen LogP contribution in [0.5, 0.6) is 0 Å². The van der Waals surface area contributed by atoms with Crippen molar-refractivity contribution in [3.05, 3.63) is 211 Å². The van der Waals surface area contributed by atoms with Crippen LogP contribution >= 0.6 is 0 Å². The molecule has 0 bridgehead atoms. The van der Waals surface area contributed by atoms with Gasteiger partial charge in [0, 0.05) is 22.5 Å². The minimum absolute atomic E-state index is 0.227. The van der Waals surface area contributed by atoms with Crippen LogP contribution in [-0.2, 0) is 5.41 Å². The van der Waals surface area contributed by atoms with E-state index in [1.165, 1.54) is 77.2 Å². The van der Waals surface area contributed by atoms with Gasteiger partial charge in [0.25, 0.3) is 0 Å². The molecule has 256 valence electrons. The van der Waals surface area contributed by atoms with E-state index in [9.17, 15) is 0 Å². The second-order valence-corrected chi connectivity index (χ2v) is 14.9. The first-order chi connectivity index (χ1) is 26.5. The van der Waals surface area contributed by atoms with E-state index in [4.69, 9.17) is 0 Å². The lowest BCUT2D eigenvalue weighted by Crippen LogP contribution is -2.24. The minimum Gasteiger partial charge on any atom is -0.310 e. The largest absolute Gasteiger partial charge is 0.310 e. The Kier molecular flexibility index (Phi) is 7.56. The van der Waals surface area contributed by atoms with Crippen molar-refractivity contribution in [1.29, 1.82) is 0 Å². The van der Waals surface area contributed by atoms with Crippen LogP contribution in [0.1, 0.15) is 25.0 Å². The van der Waals surface area contributed by atoms with Gasteiger partial charge < -0.3 is 4.90 Å². The van der Waals surface area contributed by atoms with Gasteiger partial charge in [0.15, 0.2) is 0 Å². The van der Waals surface area contributed by atoms with Crippen molar-refractivity contribution >= 4 is 38.6 Å². The summed E-state index contributed by atoms with van der Waals surface area (Å²) >= 11 is 0. The van der Waals surface area contributed by atoms with E-state index >= 15 is 0 Å². The van der Waals surface area contributed by atoms with Gasteiger partial charge in [0.2, 0.25) is 0 Å². The van der Waals surface area contributed by atoms with Crippen LogP contribution in [0.2, 0.25) is 0 Å². The lowest BCUT2D eigenvalue weighted by atomic mass is 9.67. The quantitative estimate of drug-likeness (QED) is 0.168. The summed E-state index contributed by atoms with van der Waals surface area (Å²) in [4.78, 5) is 2.41. The third kappa shape index (κ3) is 5.24. The lowest BCUT2D eigenvalue weighted by Gasteiger charge is -2.37. The summed E-state index contributed by atoms with van der Waals surface area (Å²) in [5.41, 5.74) is 15.9. The molecule has 0 N–H and O–H groups in total. The fraction of sp³-hybridized carbons (Fsp3) is 0.0566. The molecule has 54 heavy (non-hydrogen) atoms. The number of nitrogens with zero attached hydrogens (tertiary/aromatic N) is 1. The van der Waals surface area contributed by atoms with E-state index < -0.39 is 0 Å². The number of rotatable bonds is 6. The molecule has 9 aromatic carbocycles. The predicted octanol–water partition coefficient (Wildman–Crippen LogP) is 14.8. The maximum Gasteiger partial charge on any atom is 0.0465 e. The molecule has 0 heterocycles. The van der Waals surface area contributed by atoms with E-state index in [1.807, 2.05) is 0 Å². The Bertz CT molecular complexity index is 2730. The summed E-state index contributed by atoms with van der Waals surface area (Å²) in [7, 11) is 0. The standard InChI is InChI=1S/C53H39N/c1-53(2)49-22-12-19-41-27-33-47(46-21-11-18-40-17-9-10-20-45(40)46)52(51(41)49)48-34-32-44(35-50(48)53)54(42-28-23-38(24-29-42)36-13-5-3-6-14-36)43-30-25-39(26-31-43)37-15-7-4-8-16-37/h3-35H,1-2H3. The van der Waals surface area contributed by atoms with Crippen LogP contribution in [0.25, 0.3) is 66.1 Å². The Morgan fingerprint density at radius 1 is 0.352 bits per heavy atom. The Hall–Kier alpha value is -6.70. The Morgan fingerprint density at radius 2 is 0.870 bits per heavy atom. The number of benzene rings is 9. The van der Waals surface area contributed by atoms with Gasteiger partial charge in [-0.15, -0.1) is 0 Å². The molecule has 1 nitrogen and oxygen atoms in total. The highest BCUT2D eigenvalue weighted by Crippen LogP contribution is 2.53. The predicted molar refractivity (Wildman–Crippen MR) is 230 cm³/mol. The number of hydrogen-bond donors (Lipinski definition) is 0. The maximum absolute atomic E-state index is 2.45. The molecule has 0 atom stereocenters. The Labute approximate surface area is 317 Å². The summed E-state index contributed by atoms with van der Waals surface area (Å²) in [6, 6.07) is 73.3. The first-order valence-electron chi connectivity index (χ1n) is 18.8. The van der Waals surface area contributed by atoms with Gasteiger partial charge in [0.1, 0.15) is 0 Å². The topological polar surface area (TPSA) is 3.24 Å². The van der Waals surface area contributed by atoms with Gasteiger partial charge in [-0.1, -0.05) is 178 Å². The van der Waals surface area contributed by atoms with Crippen molar-refractivity contribution in [2.24, 2.45) is 0 Å². The molecule has 0 aromatic heterocycles. The zero-order chi connectivity index (χ0) is 36.2. The Morgan fingerprint density at radius 3 is 1.54 bits per heavy atom. The molecular formula is C53H39N. The minimum atomic E-state index is -0.227. The average Bonchev–Trinajstić information content (AvgIpc) is 3.24. The number of hydrogen-bond acceptors (Lipinski definition) is 1. The van der Waals surface area contributed by atoms with Crippen molar-refractivity contribution in [3.63, 3.8) is 0 Å². The average molecular weight is 690 g/mol. The van der Waals surface area contributed by atoms with E-state index in [0.717, 1.165) is 17.1 Å². The zero-order valence-corrected chi connectivity index (χ0v) is 30.5. The van der Waals surface area contributed by atoms with Gasteiger partial charge in [0.05, 0.1) is 0 Å². The van der Waals surface area contributed by atoms with Gasteiger partial charge in [-0.3, -0.25) is 0 Å². The van der Waals surface area contributed by atoms with Crippen LogP contribution in [0.4, 0.5) is 17.1 Å². The summed E-state index contributed by atoms with van der Waals surface area (Å²) < 4.78 is 0. The smallest absolute Gasteiger partial charge is 0.0465 e. The number of anilines is 3. The van der Waals surface area contributed by atoms with E-state index in [-0.39, 0.29) is 5.41 Å². The molecule has 9 aromatic rings. The monoisotopic (exact) mass is 689 g/mol. The fourth-order valence-electron chi connectivity index (χ4n) is 8.73. The van der Waals surface area contributed by atoms with E-state index in [1.54, 1.807) is 0 Å². The second kappa shape index (κ2) is 12.8. The highest BCUT2D eigenvalue weighted by atomic mass is 15.1. The van der Waals surface area contributed by atoms with Crippen molar-refractivity contribution in [1.82, 2.24) is 0 Å². The maximum atomic E-state index is 2.45. The van der Waals surface area contributed by atoms with Gasteiger partial charge in [-0.25, -0.2) is 0 Å². The molecule has 1 heteroatoms. The van der Waals surface area contributed by atoms with Crippen LogP contribution in [0, 0.1) is 0 Å². The fourth-order valence-corrected chi connectivity index (χ4v) is 8.73. The third-order valence-electron chi connectivity index (χ3n) is 11.5. The first-order valence-corrected chi connectivity index (χ1v) is 18.8. The molecule has 0 saturated heterocycles. The molecule has 1 aliphatic carbocycles. The van der Waals surface area contributed by atoms with Crippen LogP contribution in [-0.4, -0.2) is 0 Å². The van der Waals surface area contributed by atoms with Gasteiger partial charge >= 0.3 is 0 Å². The van der Waals surface area contributed by atoms with E-state index in [2.05, 4.69) is 219 Å². The molecule has 0 amide bonds. The highest BCUT2D eigenvalue weighted by molar-refractivity contribution is 6.12. The summed E-state index contributed by atoms with van der Waals surface area (Å²) in [6.45, 7) is 4.79. The molecule has 0 radical (unpaired) electrons. The normalized spacial score (nSPS) is 12.8. The van der Waals surface area contributed by atoms with E-state index in [0.29, 0.717) is 0 Å². The van der Waals surface area contributed by atoms with Crippen molar-refractivity contribution in [3.8, 4) is 44.5 Å². The molecule has 0 spiro atoms. The van der Waals surface area contributed by atoms with Crippen LogP contribution in [0.15, 0.2) is 200 Å². The second-order valence-electron chi connectivity index (χ2n) is 14.9. The summed E-state index contributed by atoms with van der Waals surface area (Å²) in [6.07, 6.45) is 0. The van der Waals surface area contributed by atoms with Gasteiger partial charge in [-0.05, 0) is 114 Å². The molecule has 0 unspecified atom stereocenters. The molecule has 1 aliphatic rings. The molecule has 10 rings (SSSR count). The van der Waals surface area contributed by atoms with Crippen LogP contribution in [0.3, 0.4) is 0 Å². The Balaban J connectivity index is 1.17. The molecule has 0 fully saturated rings. The first kappa shape index (κ1) is 32.0. The zero-order valence-electron chi connectivity index (χ0n) is 30.5. The number of fused-ring (bicyclic) bond motifs is 3. The summed E-state index contributed by atoms with van der Waals surface area (Å²) in [5.74, 6) is 0.